The first-order valence-electron chi connectivity index (χ1n) is 3.54. The summed E-state index contributed by atoms with van der Waals surface area (Å²) in [5.41, 5.74) is 0. The van der Waals surface area contributed by atoms with Crippen molar-refractivity contribution in [2.24, 2.45) is 0 Å². The molecule has 0 atom stereocenters. The molecule has 5 heteroatoms. The summed E-state index contributed by atoms with van der Waals surface area (Å²) in [6.45, 7) is 0. The molecule has 0 aliphatic heterocycles. The second kappa shape index (κ2) is 4.26. The Bertz CT molecular complexity index is 355. The highest BCUT2D eigenvalue weighted by atomic mass is 35.5. The molecule has 0 aromatic carbocycles. The van der Waals surface area contributed by atoms with Crippen molar-refractivity contribution in [3.8, 4) is 6.07 Å². The van der Waals surface area contributed by atoms with Gasteiger partial charge in [-0.1, -0.05) is 11.6 Å². The average molecular weight is 215 g/mol. The molecule has 1 heterocycles. The van der Waals surface area contributed by atoms with Gasteiger partial charge in [-0.25, -0.2) is 0 Å². The summed E-state index contributed by atoms with van der Waals surface area (Å²) in [4.78, 5) is 12.7. The third-order valence-electron chi connectivity index (χ3n) is 1.49. The number of amides is 1. The van der Waals surface area contributed by atoms with E-state index in [2.05, 4.69) is 0 Å². The van der Waals surface area contributed by atoms with Gasteiger partial charge in [0.05, 0.1) is 15.4 Å². The number of rotatable bonds is 2. The molecule has 1 rings (SSSR count). The van der Waals surface area contributed by atoms with E-state index >= 15 is 0 Å². The van der Waals surface area contributed by atoms with Gasteiger partial charge in [-0.05, 0) is 12.1 Å². The molecule has 0 spiro atoms. The highest BCUT2D eigenvalue weighted by Gasteiger charge is 2.11. The first-order chi connectivity index (χ1) is 6.15. The molecule has 1 aromatic rings. The molecular weight excluding hydrogens is 208 g/mol. The van der Waals surface area contributed by atoms with Crippen molar-refractivity contribution in [2.75, 3.05) is 11.9 Å². The highest BCUT2D eigenvalue weighted by Crippen LogP contribution is 2.28. The number of carbonyl (C=O) groups is 1. The maximum atomic E-state index is 11.2. The topological polar surface area (TPSA) is 44.1 Å². The number of hydrogen-bond acceptors (Lipinski definition) is 3. The molecule has 0 unspecified atom stereocenters. The zero-order valence-corrected chi connectivity index (χ0v) is 8.52. The molecule has 0 aliphatic rings. The van der Waals surface area contributed by atoms with Gasteiger partial charge in [-0.15, -0.1) is 11.3 Å². The number of carbonyl (C=O) groups excluding carboxylic acids is 1. The van der Waals surface area contributed by atoms with Crippen LogP contribution in [0, 0.1) is 11.3 Å². The zero-order chi connectivity index (χ0) is 9.84. The van der Waals surface area contributed by atoms with E-state index in [1.807, 2.05) is 0 Å². The van der Waals surface area contributed by atoms with Crippen LogP contribution in [0.5, 0.6) is 0 Å². The Balaban J connectivity index is 2.74. The molecule has 0 saturated carbocycles. The van der Waals surface area contributed by atoms with Crippen LogP contribution in [0.15, 0.2) is 12.1 Å². The monoisotopic (exact) mass is 214 g/mol. The minimum atomic E-state index is -0.221. The summed E-state index contributed by atoms with van der Waals surface area (Å²) in [5.74, 6) is -0.221. The fourth-order valence-electron chi connectivity index (χ4n) is 0.794. The first kappa shape index (κ1) is 10.0. The minimum absolute atomic E-state index is 0.105. The van der Waals surface area contributed by atoms with Gasteiger partial charge in [-0.2, -0.15) is 5.26 Å². The Morgan fingerprint density at radius 1 is 1.77 bits per heavy atom. The Hall–Kier alpha value is -1.05. The molecule has 3 nitrogen and oxygen atoms in total. The van der Waals surface area contributed by atoms with Gasteiger partial charge in [-0.3, -0.25) is 4.79 Å². The van der Waals surface area contributed by atoms with Gasteiger partial charge < -0.3 is 4.90 Å². The summed E-state index contributed by atoms with van der Waals surface area (Å²) in [7, 11) is 1.63. The van der Waals surface area contributed by atoms with Crippen LogP contribution in [0.4, 0.5) is 5.00 Å². The number of nitrogens with zero attached hydrogens (tertiary/aromatic N) is 2. The number of thiophene rings is 1. The van der Waals surface area contributed by atoms with Gasteiger partial charge in [0, 0.05) is 7.05 Å². The van der Waals surface area contributed by atoms with Crippen LogP contribution >= 0.6 is 22.9 Å². The minimum Gasteiger partial charge on any atom is -0.306 e. The first-order valence-corrected chi connectivity index (χ1v) is 4.73. The van der Waals surface area contributed by atoms with Gasteiger partial charge in [0.25, 0.3) is 0 Å². The summed E-state index contributed by atoms with van der Waals surface area (Å²) in [6.07, 6.45) is -0.105. The van der Waals surface area contributed by atoms with Crippen LogP contribution in [-0.2, 0) is 4.79 Å². The summed E-state index contributed by atoms with van der Waals surface area (Å²) >= 11 is 7.01. The highest BCUT2D eigenvalue weighted by molar-refractivity contribution is 7.20. The molecule has 68 valence electrons. The van der Waals surface area contributed by atoms with E-state index in [0.717, 1.165) is 5.00 Å². The predicted molar refractivity (Wildman–Crippen MR) is 53.0 cm³/mol. The van der Waals surface area contributed by atoms with E-state index in [4.69, 9.17) is 16.9 Å². The van der Waals surface area contributed by atoms with Crippen LogP contribution in [0.1, 0.15) is 6.42 Å². The standard InChI is InChI=1S/C8H7ClN2OS/c1-11(7(12)4-5-10)8-3-2-6(9)13-8/h2-3H,4H2,1H3. The maximum Gasteiger partial charge on any atom is 0.241 e. The van der Waals surface area contributed by atoms with E-state index in [1.165, 1.54) is 16.2 Å². The number of hydrogen-bond donors (Lipinski definition) is 0. The lowest BCUT2D eigenvalue weighted by atomic mass is 10.4. The summed E-state index contributed by atoms with van der Waals surface area (Å²) in [5, 5.41) is 9.07. The largest absolute Gasteiger partial charge is 0.306 e. The molecule has 0 fully saturated rings. The normalized spacial score (nSPS) is 9.31. The van der Waals surface area contributed by atoms with E-state index in [0.29, 0.717) is 4.34 Å². The van der Waals surface area contributed by atoms with Crippen molar-refractivity contribution in [3.63, 3.8) is 0 Å². The maximum absolute atomic E-state index is 11.2. The molecule has 0 saturated heterocycles. The molecule has 0 aliphatic carbocycles. The lowest BCUT2D eigenvalue weighted by molar-refractivity contribution is -0.117. The van der Waals surface area contributed by atoms with Crippen molar-refractivity contribution in [1.82, 2.24) is 0 Å². The molecule has 0 radical (unpaired) electrons. The summed E-state index contributed by atoms with van der Waals surface area (Å²) in [6, 6.07) is 5.28. The number of anilines is 1. The molecule has 13 heavy (non-hydrogen) atoms. The van der Waals surface area contributed by atoms with Gasteiger partial charge >= 0.3 is 0 Å². The Labute approximate surface area is 85.1 Å². The predicted octanol–water partition coefficient (Wildman–Crippen LogP) is 2.28. The Morgan fingerprint density at radius 3 is 2.92 bits per heavy atom. The lowest BCUT2D eigenvalue weighted by Gasteiger charge is -2.12. The average Bonchev–Trinajstić information content (AvgIpc) is 2.51. The van der Waals surface area contributed by atoms with E-state index in [-0.39, 0.29) is 12.3 Å². The second-order valence-electron chi connectivity index (χ2n) is 2.37. The van der Waals surface area contributed by atoms with E-state index < -0.39 is 0 Å². The fraction of sp³-hybridized carbons (Fsp3) is 0.250. The van der Waals surface area contributed by atoms with Crippen LogP contribution in [0.2, 0.25) is 4.34 Å². The van der Waals surface area contributed by atoms with Gasteiger partial charge in [0.1, 0.15) is 6.42 Å². The van der Waals surface area contributed by atoms with Crippen molar-refractivity contribution in [3.05, 3.63) is 16.5 Å². The lowest BCUT2D eigenvalue weighted by Crippen LogP contribution is -2.24. The van der Waals surface area contributed by atoms with Gasteiger partial charge in [0.2, 0.25) is 5.91 Å². The van der Waals surface area contributed by atoms with Crippen molar-refractivity contribution in [1.29, 1.82) is 5.26 Å². The quantitative estimate of drug-likeness (QED) is 0.758. The van der Waals surface area contributed by atoms with Crippen LogP contribution in [0.3, 0.4) is 0 Å². The van der Waals surface area contributed by atoms with Crippen LogP contribution < -0.4 is 4.90 Å². The Kier molecular flexibility index (Phi) is 3.29. The van der Waals surface area contributed by atoms with E-state index in [9.17, 15) is 4.79 Å². The number of nitriles is 1. The van der Waals surface area contributed by atoms with Crippen LogP contribution in [-0.4, -0.2) is 13.0 Å². The smallest absolute Gasteiger partial charge is 0.241 e. The van der Waals surface area contributed by atoms with Crippen molar-refractivity contribution in [2.45, 2.75) is 6.42 Å². The van der Waals surface area contributed by atoms with Crippen LogP contribution in [0.25, 0.3) is 0 Å². The third kappa shape index (κ3) is 2.44. The second-order valence-corrected chi connectivity index (χ2v) is 4.06. The molecule has 0 bridgehead atoms. The zero-order valence-electron chi connectivity index (χ0n) is 6.95. The molecular formula is C8H7ClN2OS. The fourth-order valence-corrected chi connectivity index (χ4v) is 1.80. The van der Waals surface area contributed by atoms with Gasteiger partial charge in [0.15, 0.2) is 0 Å². The molecule has 1 amide bonds. The number of halogens is 1. The Morgan fingerprint density at radius 2 is 2.46 bits per heavy atom. The summed E-state index contributed by atoms with van der Waals surface area (Å²) < 4.78 is 0.631. The molecule has 1 aromatic heterocycles. The van der Waals surface area contributed by atoms with Crippen molar-refractivity contribution >= 4 is 33.8 Å². The van der Waals surface area contributed by atoms with Crippen molar-refractivity contribution < 1.29 is 4.79 Å². The molecule has 0 N–H and O–H groups in total. The SMILES string of the molecule is CN(C(=O)CC#N)c1ccc(Cl)s1. The van der Waals surface area contributed by atoms with E-state index in [1.54, 1.807) is 25.2 Å². The third-order valence-corrected chi connectivity index (χ3v) is 2.80.